The van der Waals surface area contributed by atoms with Crippen LogP contribution in [-0.4, -0.2) is 22.1 Å². The van der Waals surface area contributed by atoms with Gasteiger partial charge in [-0.15, -0.1) is 0 Å². The normalized spacial score (nSPS) is 10.2. The maximum Gasteiger partial charge on any atom is 0.337 e. The topological polar surface area (TPSA) is 78.4 Å². The first-order valence-electron chi connectivity index (χ1n) is 5.93. The van der Waals surface area contributed by atoms with Gasteiger partial charge >= 0.3 is 5.97 Å². The average molecular weight is 359 g/mol. The van der Waals surface area contributed by atoms with E-state index in [-0.39, 0.29) is 22.5 Å². The van der Waals surface area contributed by atoms with Crippen LogP contribution in [0.1, 0.15) is 30.6 Å². The second-order valence-corrected chi connectivity index (χ2v) is 5.92. The Hall–Kier alpha value is -1.47. The van der Waals surface area contributed by atoms with Gasteiger partial charge in [-0.1, -0.05) is 29.8 Å². The number of hydrogen-bond donors (Lipinski definition) is 3. The second kappa shape index (κ2) is 7.35. The highest BCUT2D eigenvalue weighted by atomic mass is 79.9. The van der Waals surface area contributed by atoms with Crippen molar-refractivity contribution in [1.29, 1.82) is 0 Å². The SMILES string of the molecule is CC(C)CC(=O)NC(=S)Nc1ccc(Br)cc1C(=O)O. The van der Waals surface area contributed by atoms with Crippen LogP contribution in [0.3, 0.4) is 0 Å². The third-order valence-corrected chi connectivity index (χ3v) is 3.00. The molecule has 0 fully saturated rings. The lowest BCUT2D eigenvalue weighted by Crippen LogP contribution is -2.35. The molecule has 1 aromatic rings. The summed E-state index contributed by atoms with van der Waals surface area (Å²) < 4.78 is 0.648. The molecule has 1 rings (SSSR count). The molecule has 1 amide bonds. The second-order valence-electron chi connectivity index (χ2n) is 4.60. The van der Waals surface area contributed by atoms with Gasteiger partial charge in [0.1, 0.15) is 0 Å². The van der Waals surface area contributed by atoms with E-state index in [9.17, 15) is 9.59 Å². The van der Waals surface area contributed by atoms with Crippen molar-refractivity contribution in [3.05, 3.63) is 28.2 Å². The van der Waals surface area contributed by atoms with Gasteiger partial charge in [-0.2, -0.15) is 0 Å². The van der Waals surface area contributed by atoms with Crippen molar-refractivity contribution < 1.29 is 14.7 Å². The number of thiocarbonyl (C=S) groups is 1. The summed E-state index contributed by atoms with van der Waals surface area (Å²) in [6.07, 6.45) is 0.355. The van der Waals surface area contributed by atoms with Gasteiger partial charge in [-0.25, -0.2) is 4.79 Å². The molecule has 0 saturated heterocycles. The van der Waals surface area contributed by atoms with Gasteiger partial charge in [0.15, 0.2) is 5.11 Å². The van der Waals surface area contributed by atoms with Crippen LogP contribution < -0.4 is 10.6 Å². The van der Waals surface area contributed by atoms with Gasteiger partial charge in [0.25, 0.3) is 0 Å². The molecule has 0 saturated carbocycles. The van der Waals surface area contributed by atoms with E-state index in [0.29, 0.717) is 16.6 Å². The van der Waals surface area contributed by atoms with Crippen molar-refractivity contribution in [2.45, 2.75) is 20.3 Å². The fourth-order valence-electron chi connectivity index (χ4n) is 1.50. The van der Waals surface area contributed by atoms with Gasteiger partial charge in [-0.05, 0) is 36.3 Å². The highest BCUT2D eigenvalue weighted by Crippen LogP contribution is 2.21. The Balaban J connectivity index is 2.76. The number of carbonyl (C=O) groups is 2. The van der Waals surface area contributed by atoms with Crippen LogP contribution in [0.2, 0.25) is 0 Å². The molecule has 0 atom stereocenters. The van der Waals surface area contributed by atoms with Crippen molar-refractivity contribution in [3.63, 3.8) is 0 Å². The van der Waals surface area contributed by atoms with Crippen LogP contribution >= 0.6 is 28.1 Å². The quantitative estimate of drug-likeness (QED) is 0.721. The van der Waals surface area contributed by atoms with Crippen LogP contribution in [0, 0.1) is 5.92 Å². The Labute approximate surface area is 130 Å². The first-order valence-corrected chi connectivity index (χ1v) is 7.13. The van der Waals surface area contributed by atoms with Crippen LogP contribution in [0.25, 0.3) is 0 Å². The molecular weight excluding hydrogens is 344 g/mol. The number of anilines is 1. The number of carboxylic acids is 1. The monoisotopic (exact) mass is 358 g/mol. The highest BCUT2D eigenvalue weighted by molar-refractivity contribution is 9.10. The Morgan fingerprint density at radius 3 is 2.60 bits per heavy atom. The fraction of sp³-hybridized carbons (Fsp3) is 0.308. The molecule has 0 bridgehead atoms. The molecule has 0 heterocycles. The average Bonchev–Trinajstić information content (AvgIpc) is 2.29. The van der Waals surface area contributed by atoms with Crippen LogP contribution in [0.4, 0.5) is 5.69 Å². The Morgan fingerprint density at radius 1 is 1.40 bits per heavy atom. The number of rotatable bonds is 4. The zero-order valence-electron chi connectivity index (χ0n) is 11.1. The minimum atomic E-state index is -1.08. The zero-order chi connectivity index (χ0) is 15.3. The molecule has 3 N–H and O–H groups in total. The van der Waals surface area contributed by atoms with E-state index in [1.54, 1.807) is 12.1 Å². The number of nitrogens with one attached hydrogen (secondary N) is 2. The van der Waals surface area contributed by atoms with Crippen LogP contribution in [0.15, 0.2) is 22.7 Å². The molecule has 0 aliphatic rings. The summed E-state index contributed by atoms with van der Waals surface area (Å²) in [5.41, 5.74) is 0.399. The smallest absolute Gasteiger partial charge is 0.337 e. The van der Waals surface area contributed by atoms with Crippen molar-refractivity contribution in [2.75, 3.05) is 5.32 Å². The Kier molecular flexibility index (Phi) is 6.09. The van der Waals surface area contributed by atoms with E-state index < -0.39 is 5.97 Å². The largest absolute Gasteiger partial charge is 0.478 e. The lowest BCUT2D eigenvalue weighted by atomic mass is 10.1. The number of aromatic carboxylic acids is 1. The molecule has 108 valence electrons. The molecule has 20 heavy (non-hydrogen) atoms. The van der Waals surface area contributed by atoms with Crippen molar-refractivity contribution in [3.8, 4) is 0 Å². The number of halogens is 1. The fourth-order valence-corrected chi connectivity index (χ4v) is 2.09. The molecule has 0 aliphatic carbocycles. The van der Waals surface area contributed by atoms with Crippen molar-refractivity contribution in [1.82, 2.24) is 5.32 Å². The summed E-state index contributed by atoms with van der Waals surface area (Å²) in [5.74, 6) is -1.06. The Bertz CT molecular complexity index is 546. The molecule has 0 spiro atoms. The molecule has 5 nitrogen and oxygen atoms in total. The molecule has 0 radical (unpaired) electrons. The van der Waals surface area contributed by atoms with Gasteiger partial charge in [0.05, 0.1) is 11.3 Å². The van der Waals surface area contributed by atoms with Crippen molar-refractivity contribution in [2.24, 2.45) is 5.92 Å². The third-order valence-electron chi connectivity index (χ3n) is 2.31. The van der Waals surface area contributed by atoms with Crippen LogP contribution in [-0.2, 0) is 4.79 Å². The molecule has 0 aliphatic heterocycles. The highest BCUT2D eigenvalue weighted by Gasteiger charge is 2.13. The number of benzene rings is 1. The van der Waals surface area contributed by atoms with Crippen LogP contribution in [0.5, 0.6) is 0 Å². The lowest BCUT2D eigenvalue weighted by Gasteiger charge is -2.12. The summed E-state index contributed by atoms with van der Waals surface area (Å²) in [6, 6.07) is 4.73. The van der Waals surface area contributed by atoms with Gasteiger partial charge in [-0.3, -0.25) is 4.79 Å². The minimum absolute atomic E-state index is 0.0693. The van der Waals surface area contributed by atoms with Crippen molar-refractivity contribution >= 4 is 50.8 Å². The van der Waals surface area contributed by atoms with E-state index in [1.807, 2.05) is 13.8 Å². The van der Waals surface area contributed by atoms with Gasteiger partial charge in [0.2, 0.25) is 5.91 Å². The Morgan fingerprint density at radius 2 is 2.05 bits per heavy atom. The predicted octanol–water partition coefficient (Wildman–Crippen LogP) is 3.01. The first-order chi connectivity index (χ1) is 9.29. The predicted molar refractivity (Wildman–Crippen MR) is 84.9 cm³/mol. The van der Waals surface area contributed by atoms with E-state index in [0.717, 1.165) is 0 Å². The first kappa shape index (κ1) is 16.6. The third kappa shape index (κ3) is 5.26. The molecule has 7 heteroatoms. The number of hydrogen-bond acceptors (Lipinski definition) is 3. The summed E-state index contributed by atoms with van der Waals surface area (Å²) in [5, 5.41) is 14.4. The minimum Gasteiger partial charge on any atom is -0.478 e. The van der Waals surface area contributed by atoms with Gasteiger partial charge < -0.3 is 15.7 Å². The summed E-state index contributed by atoms with van der Waals surface area (Å²) >= 11 is 8.20. The molecular formula is C13H15BrN2O3S. The van der Waals surface area contributed by atoms with E-state index in [1.165, 1.54) is 6.07 Å². The maximum atomic E-state index is 11.6. The van der Waals surface area contributed by atoms with E-state index in [2.05, 4.69) is 26.6 Å². The van der Waals surface area contributed by atoms with E-state index >= 15 is 0 Å². The zero-order valence-corrected chi connectivity index (χ0v) is 13.5. The number of carbonyl (C=O) groups excluding carboxylic acids is 1. The standard InChI is InChI=1S/C13H15BrN2O3S/c1-7(2)5-11(17)16-13(20)15-10-4-3-8(14)6-9(10)12(18)19/h3-4,6-7H,5H2,1-2H3,(H,18,19)(H2,15,16,17,20). The number of carboxylic acid groups (broad SMARTS) is 1. The maximum absolute atomic E-state index is 11.6. The van der Waals surface area contributed by atoms with Gasteiger partial charge in [0, 0.05) is 10.9 Å². The number of amides is 1. The summed E-state index contributed by atoms with van der Waals surface area (Å²) in [7, 11) is 0. The molecule has 0 unspecified atom stereocenters. The summed E-state index contributed by atoms with van der Waals surface area (Å²) in [4.78, 5) is 22.7. The van der Waals surface area contributed by atoms with E-state index in [4.69, 9.17) is 17.3 Å². The lowest BCUT2D eigenvalue weighted by molar-refractivity contribution is -0.120. The molecule has 0 aromatic heterocycles. The molecule has 1 aromatic carbocycles. The summed E-state index contributed by atoms with van der Waals surface area (Å²) in [6.45, 7) is 3.85.